The molecule has 1 aromatic rings. The number of carboxylic acid groups (broad SMARTS) is 1. The highest BCUT2D eigenvalue weighted by Gasteiger charge is 2.19. The highest BCUT2D eigenvalue weighted by Crippen LogP contribution is 2.21. The molecule has 2 N–H and O–H groups in total. The summed E-state index contributed by atoms with van der Waals surface area (Å²) >= 11 is 0. The zero-order valence-corrected chi connectivity index (χ0v) is 11.7. The summed E-state index contributed by atoms with van der Waals surface area (Å²) in [4.78, 5) is 22.7. The number of ether oxygens (including phenoxy) is 2. The number of benzene rings is 1. The van der Waals surface area contributed by atoms with Crippen LogP contribution in [0, 0.1) is 0 Å². The molecule has 0 aliphatic carbocycles. The summed E-state index contributed by atoms with van der Waals surface area (Å²) in [5.74, 6) is -0.763. The Bertz CT molecular complexity index is 561. The Hall–Kier alpha value is -2.34. The van der Waals surface area contributed by atoms with E-state index in [0.717, 1.165) is 12.5 Å². The molecule has 0 aromatic heterocycles. The van der Waals surface area contributed by atoms with Gasteiger partial charge in [-0.15, -0.1) is 0 Å². The minimum atomic E-state index is -1.06. The molecule has 6 heteroatoms. The lowest BCUT2D eigenvalue weighted by atomic mass is 10.1. The van der Waals surface area contributed by atoms with Gasteiger partial charge in [0.05, 0.1) is 19.8 Å². The van der Waals surface area contributed by atoms with E-state index in [1.165, 1.54) is 13.2 Å². The van der Waals surface area contributed by atoms with Gasteiger partial charge >= 0.3 is 5.97 Å². The maximum atomic E-state index is 12.1. The largest absolute Gasteiger partial charge is 0.496 e. The predicted octanol–water partition coefficient (Wildman–Crippen LogP) is 1.31. The normalized spacial score (nSPS) is 17.9. The molecule has 21 heavy (non-hydrogen) atoms. The quantitative estimate of drug-likeness (QED) is 0.799. The van der Waals surface area contributed by atoms with E-state index in [-0.39, 0.29) is 11.9 Å². The molecule has 1 aliphatic rings. The van der Waals surface area contributed by atoms with E-state index in [1.54, 1.807) is 18.2 Å². The minimum absolute atomic E-state index is 0.0256. The highest BCUT2D eigenvalue weighted by atomic mass is 16.5. The fraction of sp³-hybridized carbons (Fsp3) is 0.333. The maximum Gasteiger partial charge on any atom is 0.328 e. The Morgan fingerprint density at radius 3 is 2.90 bits per heavy atom. The van der Waals surface area contributed by atoms with Crippen LogP contribution in [-0.4, -0.2) is 43.3 Å². The summed E-state index contributed by atoms with van der Waals surface area (Å²) in [5.41, 5.74) is 0.989. The van der Waals surface area contributed by atoms with Crippen LogP contribution in [0.1, 0.15) is 22.3 Å². The van der Waals surface area contributed by atoms with E-state index < -0.39 is 5.97 Å². The van der Waals surface area contributed by atoms with Gasteiger partial charge in [-0.25, -0.2) is 4.79 Å². The van der Waals surface area contributed by atoms with Gasteiger partial charge in [0.25, 0.3) is 5.91 Å². The van der Waals surface area contributed by atoms with Crippen molar-refractivity contribution in [2.24, 2.45) is 0 Å². The van der Waals surface area contributed by atoms with E-state index in [9.17, 15) is 9.59 Å². The number of aliphatic carboxylic acids is 1. The van der Waals surface area contributed by atoms with Crippen LogP contribution in [0.3, 0.4) is 0 Å². The van der Waals surface area contributed by atoms with Crippen molar-refractivity contribution in [3.8, 4) is 5.75 Å². The third-order valence-electron chi connectivity index (χ3n) is 3.16. The van der Waals surface area contributed by atoms with Crippen LogP contribution in [0.2, 0.25) is 0 Å². The summed E-state index contributed by atoms with van der Waals surface area (Å²) in [6.07, 6.45) is 3.20. The molecule has 1 atom stereocenters. The van der Waals surface area contributed by atoms with Crippen molar-refractivity contribution in [2.45, 2.75) is 12.5 Å². The molecule has 6 nitrogen and oxygen atoms in total. The first kappa shape index (κ1) is 15.1. The van der Waals surface area contributed by atoms with E-state index >= 15 is 0 Å². The average molecular weight is 291 g/mol. The number of methoxy groups -OCH3 is 1. The highest BCUT2D eigenvalue weighted by molar-refractivity contribution is 5.95. The molecule has 1 saturated heterocycles. The third kappa shape index (κ3) is 4.06. The second-order valence-electron chi connectivity index (χ2n) is 4.66. The molecule has 1 heterocycles. The smallest absolute Gasteiger partial charge is 0.328 e. The second kappa shape index (κ2) is 6.90. The molecule has 0 bridgehead atoms. The van der Waals surface area contributed by atoms with Crippen molar-refractivity contribution in [1.29, 1.82) is 0 Å². The van der Waals surface area contributed by atoms with Gasteiger partial charge in [0, 0.05) is 23.8 Å². The van der Waals surface area contributed by atoms with Crippen molar-refractivity contribution in [1.82, 2.24) is 5.32 Å². The molecular formula is C15H17NO5. The molecule has 0 spiro atoms. The summed E-state index contributed by atoms with van der Waals surface area (Å²) in [6, 6.07) is 4.91. The fourth-order valence-corrected chi connectivity index (χ4v) is 2.08. The van der Waals surface area contributed by atoms with Gasteiger partial charge in [0.15, 0.2) is 0 Å². The first-order valence-electron chi connectivity index (χ1n) is 6.58. The van der Waals surface area contributed by atoms with Crippen LogP contribution in [0.4, 0.5) is 0 Å². The Morgan fingerprint density at radius 2 is 2.29 bits per heavy atom. The van der Waals surface area contributed by atoms with Crippen molar-refractivity contribution in [3.63, 3.8) is 0 Å². The Balaban J connectivity index is 2.17. The Kier molecular flexibility index (Phi) is 4.94. The molecule has 112 valence electrons. The second-order valence-corrected chi connectivity index (χ2v) is 4.66. The minimum Gasteiger partial charge on any atom is -0.496 e. The van der Waals surface area contributed by atoms with E-state index in [1.807, 2.05) is 0 Å². The third-order valence-corrected chi connectivity index (χ3v) is 3.16. The standard InChI is InChI=1S/C15H17NO5/c1-20-13-4-2-11(8-10(13)3-5-14(17)18)15(19)16-12-6-7-21-9-12/h2-5,8,12H,6-7,9H2,1H3,(H,16,19)(H,17,18)/b5-3+. The Labute approximate surface area is 122 Å². The van der Waals surface area contributed by atoms with Gasteiger partial charge in [-0.1, -0.05) is 0 Å². The number of hydrogen-bond donors (Lipinski definition) is 2. The number of carbonyl (C=O) groups is 2. The van der Waals surface area contributed by atoms with Crippen LogP contribution in [0.25, 0.3) is 6.08 Å². The van der Waals surface area contributed by atoms with Gasteiger partial charge in [0.2, 0.25) is 0 Å². The molecule has 0 radical (unpaired) electrons. The summed E-state index contributed by atoms with van der Waals surface area (Å²) in [7, 11) is 1.49. The molecule has 1 fully saturated rings. The van der Waals surface area contributed by atoms with Crippen LogP contribution in [-0.2, 0) is 9.53 Å². The van der Waals surface area contributed by atoms with Gasteiger partial charge in [0.1, 0.15) is 5.75 Å². The topological polar surface area (TPSA) is 84.9 Å². The number of rotatable bonds is 5. The van der Waals surface area contributed by atoms with Gasteiger partial charge < -0.3 is 19.9 Å². The summed E-state index contributed by atoms with van der Waals surface area (Å²) < 4.78 is 10.4. The van der Waals surface area contributed by atoms with E-state index in [0.29, 0.717) is 30.1 Å². The number of amides is 1. The summed E-state index contributed by atoms with van der Waals surface area (Å²) in [6.45, 7) is 1.17. The Morgan fingerprint density at radius 1 is 1.48 bits per heavy atom. The molecule has 1 aliphatic heterocycles. The van der Waals surface area contributed by atoms with Crippen LogP contribution in [0.5, 0.6) is 5.75 Å². The SMILES string of the molecule is COc1ccc(C(=O)NC2CCOC2)cc1/C=C/C(=O)O. The monoisotopic (exact) mass is 291 g/mol. The lowest BCUT2D eigenvalue weighted by Crippen LogP contribution is -2.35. The zero-order chi connectivity index (χ0) is 15.2. The first-order valence-corrected chi connectivity index (χ1v) is 6.58. The van der Waals surface area contributed by atoms with Crippen molar-refractivity contribution < 1.29 is 24.2 Å². The molecule has 0 saturated carbocycles. The lowest BCUT2D eigenvalue weighted by Gasteiger charge is -2.12. The van der Waals surface area contributed by atoms with Crippen LogP contribution < -0.4 is 10.1 Å². The van der Waals surface area contributed by atoms with E-state index in [2.05, 4.69) is 5.32 Å². The number of carbonyl (C=O) groups excluding carboxylic acids is 1. The lowest BCUT2D eigenvalue weighted by molar-refractivity contribution is -0.131. The molecule has 2 rings (SSSR count). The fourth-order valence-electron chi connectivity index (χ4n) is 2.08. The predicted molar refractivity (Wildman–Crippen MR) is 76.4 cm³/mol. The zero-order valence-electron chi connectivity index (χ0n) is 11.7. The molecule has 1 unspecified atom stereocenters. The molecule has 1 aromatic carbocycles. The van der Waals surface area contributed by atoms with Crippen molar-refractivity contribution >= 4 is 18.0 Å². The van der Waals surface area contributed by atoms with Gasteiger partial charge in [-0.05, 0) is 30.7 Å². The number of carboxylic acids is 1. The number of hydrogen-bond acceptors (Lipinski definition) is 4. The van der Waals surface area contributed by atoms with E-state index in [4.69, 9.17) is 14.6 Å². The van der Waals surface area contributed by atoms with Crippen LogP contribution in [0.15, 0.2) is 24.3 Å². The first-order chi connectivity index (χ1) is 10.1. The number of nitrogens with one attached hydrogen (secondary N) is 1. The van der Waals surface area contributed by atoms with Crippen molar-refractivity contribution in [2.75, 3.05) is 20.3 Å². The average Bonchev–Trinajstić information content (AvgIpc) is 2.97. The molecular weight excluding hydrogens is 274 g/mol. The molecule has 1 amide bonds. The summed E-state index contributed by atoms with van der Waals surface area (Å²) in [5, 5.41) is 11.6. The van der Waals surface area contributed by atoms with Crippen molar-refractivity contribution in [3.05, 3.63) is 35.4 Å². The van der Waals surface area contributed by atoms with Gasteiger partial charge in [-0.2, -0.15) is 0 Å². The van der Waals surface area contributed by atoms with Crippen LogP contribution >= 0.6 is 0 Å². The van der Waals surface area contributed by atoms with Gasteiger partial charge in [-0.3, -0.25) is 4.79 Å². The maximum absolute atomic E-state index is 12.1.